The van der Waals surface area contributed by atoms with Crippen LogP contribution in [0.1, 0.15) is 30.6 Å². The number of aromatic nitrogens is 5. The Morgan fingerprint density at radius 1 is 1.33 bits per heavy atom. The fraction of sp³-hybridized carbons (Fsp3) is 0.368. The predicted molar refractivity (Wildman–Crippen MR) is 105 cm³/mol. The number of fused-ring (bicyclic) bond motifs is 1. The number of rotatable bonds is 4. The number of benzene rings is 1. The Balaban J connectivity index is 1.57. The third kappa shape index (κ3) is 3.91. The molecule has 1 N–H and O–H groups in total. The van der Waals surface area contributed by atoms with Crippen LogP contribution in [0.25, 0.3) is 5.69 Å². The van der Waals surface area contributed by atoms with Crippen molar-refractivity contribution in [1.29, 1.82) is 0 Å². The van der Waals surface area contributed by atoms with E-state index >= 15 is 0 Å². The normalized spacial score (nSPS) is 16.4. The average molecular weight is 439 g/mol. The minimum absolute atomic E-state index is 0.0136. The van der Waals surface area contributed by atoms with Crippen LogP contribution in [0.15, 0.2) is 35.3 Å². The van der Waals surface area contributed by atoms with Gasteiger partial charge in [-0.1, -0.05) is 24.6 Å². The smallest absolute Gasteiger partial charge is 0.378 e. The van der Waals surface area contributed by atoms with Gasteiger partial charge in [0.1, 0.15) is 10.8 Å². The van der Waals surface area contributed by atoms with Crippen molar-refractivity contribution in [2.24, 2.45) is 0 Å². The van der Waals surface area contributed by atoms with Gasteiger partial charge in [-0.25, -0.2) is 9.67 Å². The highest BCUT2D eigenvalue weighted by Gasteiger charge is 2.31. The molecule has 3 aromatic rings. The van der Waals surface area contributed by atoms with E-state index < -0.39 is 17.3 Å². The van der Waals surface area contributed by atoms with Gasteiger partial charge in [-0.05, 0) is 24.6 Å². The number of nitrogens with zero attached hydrogens (tertiary/aromatic N) is 5. The Morgan fingerprint density at radius 3 is 2.87 bits per heavy atom. The van der Waals surface area contributed by atoms with E-state index in [1.54, 1.807) is 0 Å². The van der Waals surface area contributed by atoms with E-state index in [9.17, 15) is 18.0 Å². The molecule has 3 heterocycles. The molecule has 0 saturated heterocycles. The molecule has 2 aromatic heterocycles. The monoisotopic (exact) mass is 438 g/mol. The Hall–Kier alpha value is -2.88. The van der Waals surface area contributed by atoms with E-state index in [1.807, 2.05) is 11.6 Å². The van der Waals surface area contributed by atoms with Gasteiger partial charge in [0, 0.05) is 18.9 Å². The average Bonchev–Trinajstić information content (AvgIpc) is 3.13. The first-order chi connectivity index (χ1) is 14.3. The molecule has 0 spiro atoms. The van der Waals surface area contributed by atoms with Gasteiger partial charge in [0.2, 0.25) is 0 Å². The predicted octanol–water partition coefficient (Wildman–Crippen LogP) is 3.49. The zero-order valence-corrected chi connectivity index (χ0v) is 16.7. The molecule has 0 aliphatic carbocycles. The van der Waals surface area contributed by atoms with E-state index in [1.165, 1.54) is 18.3 Å². The summed E-state index contributed by atoms with van der Waals surface area (Å²) in [5, 5.41) is 11.5. The fourth-order valence-corrected chi connectivity index (χ4v) is 3.56. The number of hydrogen-bond donors (Lipinski definition) is 1. The first kappa shape index (κ1) is 20.4. The van der Waals surface area contributed by atoms with Crippen LogP contribution in [-0.4, -0.2) is 30.6 Å². The molecule has 0 fully saturated rings. The Labute approximate surface area is 174 Å². The second-order valence-corrected chi connectivity index (χ2v) is 7.38. The first-order valence-electron chi connectivity index (χ1n) is 9.41. The molecule has 0 saturated carbocycles. The Morgan fingerprint density at radius 2 is 2.13 bits per heavy atom. The fourth-order valence-electron chi connectivity index (χ4n) is 3.38. The molecule has 0 bridgehead atoms. The summed E-state index contributed by atoms with van der Waals surface area (Å²) in [6.07, 6.45) is -0.921. The van der Waals surface area contributed by atoms with E-state index in [2.05, 4.69) is 20.5 Å². The van der Waals surface area contributed by atoms with Crippen LogP contribution in [0, 0.1) is 0 Å². The highest BCUT2D eigenvalue weighted by molar-refractivity contribution is 6.33. The molecule has 0 amide bonds. The second-order valence-electron chi connectivity index (χ2n) is 7.00. The van der Waals surface area contributed by atoms with Crippen LogP contribution in [-0.2, 0) is 25.6 Å². The van der Waals surface area contributed by atoms with E-state index in [0.29, 0.717) is 12.2 Å². The molecule has 30 heavy (non-hydrogen) atoms. The van der Waals surface area contributed by atoms with Crippen LogP contribution < -0.4 is 10.9 Å². The van der Waals surface area contributed by atoms with Gasteiger partial charge in [-0.3, -0.25) is 4.79 Å². The van der Waals surface area contributed by atoms with Gasteiger partial charge >= 0.3 is 6.18 Å². The summed E-state index contributed by atoms with van der Waals surface area (Å²) in [5.41, 5.74) is -1.26. The molecule has 1 aromatic carbocycles. The number of alkyl halides is 3. The SMILES string of the molecule is CCc1nc2n(n1)CC(Nc1cnn(-c3cccc(C(F)(F)F)c3)c(=O)c1Cl)CC2. The molecule has 7 nitrogen and oxygen atoms in total. The van der Waals surface area contributed by atoms with Gasteiger partial charge in [0.15, 0.2) is 5.82 Å². The highest BCUT2D eigenvalue weighted by Crippen LogP contribution is 2.30. The molecule has 1 aliphatic heterocycles. The lowest BCUT2D eigenvalue weighted by Crippen LogP contribution is -2.33. The van der Waals surface area contributed by atoms with Crippen molar-refractivity contribution < 1.29 is 13.2 Å². The maximum atomic E-state index is 13.0. The zero-order chi connectivity index (χ0) is 21.5. The van der Waals surface area contributed by atoms with Crippen molar-refractivity contribution in [1.82, 2.24) is 24.5 Å². The van der Waals surface area contributed by atoms with Crippen LogP contribution >= 0.6 is 11.6 Å². The number of aryl methyl sites for hydroxylation is 2. The summed E-state index contributed by atoms with van der Waals surface area (Å²) >= 11 is 6.23. The number of halogens is 4. The van der Waals surface area contributed by atoms with Gasteiger partial charge in [-0.2, -0.15) is 28.1 Å². The summed E-state index contributed by atoms with van der Waals surface area (Å²) < 4.78 is 41.6. The van der Waals surface area contributed by atoms with Gasteiger partial charge in [-0.15, -0.1) is 0 Å². The minimum Gasteiger partial charge on any atom is -0.378 e. The van der Waals surface area contributed by atoms with Crippen molar-refractivity contribution >= 4 is 17.3 Å². The molecule has 11 heteroatoms. The first-order valence-corrected chi connectivity index (χ1v) is 9.78. The van der Waals surface area contributed by atoms with E-state index in [0.717, 1.165) is 47.7 Å². The molecule has 158 valence electrons. The van der Waals surface area contributed by atoms with E-state index in [-0.39, 0.29) is 16.8 Å². The van der Waals surface area contributed by atoms with Crippen LogP contribution in [0.3, 0.4) is 0 Å². The topological polar surface area (TPSA) is 77.6 Å². The zero-order valence-electron chi connectivity index (χ0n) is 15.9. The second kappa shape index (κ2) is 7.75. The molecule has 1 unspecified atom stereocenters. The highest BCUT2D eigenvalue weighted by atomic mass is 35.5. The summed E-state index contributed by atoms with van der Waals surface area (Å²) in [4.78, 5) is 17.1. The maximum absolute atomic E-state index is 13.0. The lowest BCUT2D eigenvalue weighted by atomic mass is 10.1. The van der Waals surface area contributed by atoms with Crippen molar-refractivity contribution in [3.63, 3.8) is 0 Å². The van der Waals surface area contributed by atoms with Gasteiger partial charge in [0.25, 0.3) is 5.56 Å². The third-order valence-electron chi connectivity index (χ3n) is 4.91. The Bertz CT molecular complexity index is 1140. The van der Waals surface area contributed by atoms with Crippen molar-refractivity contribution in [3.05, 3.63) is 63.1 Å². The Kier molecular flexibility index (Phi) is 5.27. The van der Waals surface area contributed by atoms with E-state index in [4.69, 9.17) is 11.6 Å². The molecule has 1 atom stereocenters. The third-order valence-corrected chi connectivity index (χ3v) is 5.28. The molecular formula is C19H18ClF3N6O. The molecule has 4 rings (SSSR count). The molecule has 0 radical (unpaired) electrons. The lowest BCUT2D eigenvalue weighted by molar-refractivity contribution is -0.137. The van der Waals surface area contributed by atoms with Crippen molar-refractivity contribution in [2.75, 3.05) is 5.32 Å². The lowest BCUT2D eigenvalue weighted by Gasteiger charge is -2.24. The summed E-state index contributed by atoms with van der Waals surface area (Å²) in [5.74, 6) is 1.71. The standard InChI is InChI=1S/C19H18ClF3N6O/c1-2-15-26-16-7-6-12(10-28(16)27-15)25-14-9-24-29(18(30)17(14)20)13-5-3-4-11(8-13)19(21,22)23/h3-5,8-9,12,25H,2,6-7,10H2,1H3. The number of nitrogens with one attached hydrogen (secondary N) is 1. The number of hydrogen-bond acceptors (Lipinski definition) is 5. The molecular weight excluding hydrogens is 421 g/mol. The van der Waals surface area contributed by atoms with Crippen molar-refractivity contribution in [3.8, 4) is 5.69 Å². The van der Waals surface area contributed by atoms with Gasteiger partial charge < -0.3 is 5.32 Å². The maximum Gasteiger partial charge on any atom is 0.416 e. The van der Waals surface area contributed by atoms with Crippen molar-refractivity contribution in [2.45, 2.75) is 44.9 Å². The summed E-state index contributed by atoms with van der Waals surface area (Å²) in [7, 11) is 0. The largest absolute Gasteiger partial charge is 0.416 e. The summed E-state index contributed by atoms with van der Waals surface area (Å²) in [6, 6.07) is 4.33. The van der Waals surface area contributed by atoms with Gasteiger partial charge in [0.05, 0.1) is 29.7 Å². The minimum atomic E-state index is -4.52. The summed E-state index contributed by atoms with van der Waals surface area (Å²) in [6.45, 7) is 2.55. The van der Waals surface area contributed by atoms with Crippen LogP contribution in [0.4, 0.5) is 18.9 Å². The van der Waals surface area contributed by atoms with Crippen LogP contribution in [0.5, 0.6) is 0 Å². The quantitative estimate of drug-likeness (QED) is 0.674. The number of anilines is 1. The molecule has 1 aliphatic rings. The van der Waals surface area contributed by atoms with Crippen LogP contribution in [0.2, 0.25) is 5.02 Å².